The van der Waals surface area contributed by atoms with E-state index in [1.54, 1.807) is 6.21 Å². The molecular weight excluding hydrogens is 1210 g/mol. The van der Waals surface area contributed by atoms with Gasteiger partial charge in [-0.05, 0) is 190 Å². The summed E-state index contributed by atoms with van der Waals surface area (Å²) in [5.74, 6) is 0. The average molecular weight is 1330 g/mol. The van der Waals surface area contributed by atoms with Crippen molar-refractivity contribution in [2.24, 2.45) is 15.3 Å². The fourth-order valence-corrected chi connectivity index (χ4v) is 8.91. The number of carbonyl (C=O) groups is 1. The van der Waals surface area contributed by atoms with Gasteiger partial charge in [0.25, 0.3) is 0 Å². The molecule has 3 aromatic heterocycles. The third-order valence-electron chi connectivity index (χ3n) is 13.1. The molecule has 0 aliphatic heterocycles. The number of hydrogen-bond donors (Lipinski definition) is 4. The summed E-state index contributed by atoms with van der Waals surface area (Å²) in [6.45, 7) is 62.7. The molecule has 3 heterocycles. The number of aryl methyl sites for hydroxylation is 3. The van der Waals surface area contributed by atoms with E-state index in [0.717, 1.165) is 45.8 Å². The van der Waals surface area contributed by atoms with Crippen molar-refractivity contribution in [1.29, 1.82) is 0 Å². The monoisotopic (exact) mass is 1330 g/mol. The van der Waals surface area contributed by atoms with Gasteiger partial charge in [0, 0.05) is 23.3 Å². The van der Waals surface area contributed by atoms with Gasteiger partial charge < -0.3 is 35.8 Å². The van der Waals surface area contributed by atoms with Gasteiger partial charge in [-0.15, -0.1) is 0 Å². The molecule has 0 bridgehead atoms. The van der Waals surface area contributed by atoms with Gasteiger partial charge in [0.15, 0.2) is 25.0 Å². The van der Waals surface area contributed by atoms with E-state index in [4.69, 9.17) is 29.3 Å². The third-order valence-corrected chi connectivity index (χ3v) is 31.3. The molecule has 0 aliphatic carbocycles. The van der Waals surface area contributed by atoms with Crippen LogP contribution >= 0.6 is 15.9 Å². The molecule has 3 aromatic rings. The van der Waals surface area contributed by atoms with Crippen LogP contribution in [0.3, 0.4) is 0 Å². The number of unbranched alkanes of at least 4 members (excludes halogenated alkanes) is 1. The molecule has 0 aromatic carbocycles. The van der Waals surface area contributed by atoms with Crippen LogP contribution in [-0.2, 0) is 51.0 Å². The maximum absolute atomic E-state index is 12.6. The summed E-state index contributed by atoms with van der Waals surface area (Å²) >= 11 is 3.25. The van der Waals surface area contributed by atoms with Crippen molar-refractivity contribution >= 4 is 86.3 Å². The zero-order valence-corrected chi connectivity index (χ0v) is 64.3. The van der Waals surface area contributed by atoms with Gasteiger partial charge in [0.2, 0.25) is 0 Å². The van der Waals surface area contributed by atoms with Crippen molar-refractivity contribution < 1.29 is 54.7 Å². The summed E-state index contributed by atoms with van der Waals surface area (Å²) in [6.07, 6.45) is 4.74. The van der Waals surface area contributed by atoms with Crippen LogP contribution in [0, 0.1) is 27.7 Å². The van der Waals surface area contributed by atoms with Crippen molar-refractivity contribution in [2.75, 3.05) is 26.4 Å². The summed E-state index contributed by atoms with van der Waals surface area (Å²) in [5, 5.41) is 14.3. The molecule has 5 atom stereocenters. The second-order valence-electron chi connectivity index (χ2n) is 27.1. The third kappa shape index (κ3) is 43.1. The minimum absolute atomic E-state index is 0. The first-order chi connectivity index (χ1) is 36.8. The van der Waals surface area contributed by atoms with Crippen LogP contribution in [0.25, 0.3) is 0 Å². The minimum Gasteiger partial charge on any atom is -0.415 e. The summed E-state index contributed by atoms with van der Waals surface area (Å²) < 4.78 is 59.7. The summed E-state index contributed by atoms with van der Waals surface area (Å²) in [7, 11) is -8.79. The number of nitrogens with zero attached hydrogens (tertiary/aromatic N) is 4. The van der Waals surface area contributed by atoms with Gasteiger partial charge in [0.05, 0.1) is 86.1 Å². The van der Waals surface area contributed by atoms with Crippen molar-refractivity contribution in [3.8, 4) is 0 Å². The van der Waals surface area contributed by atoms with Crippen LogP contribution < -0.4 is 34.5 Å². The minimum atomic E-state index is -1.88. The topological polar surface area (TPSA) is 231 Å². The van der Waals surface area contributed by atoms with Crippen LogP contribution in [0.2, 0.25) is 54.4 Å². The summed E-state index contributed by atoms with van der Waals surface area (Å²) in [5.41, 5.74) is 10.1. The molecule has 0 aliphatic rings. The number of aldehydes is 1. The van der Waals surface area contributed by atoms with Crippen LogP contribution in [0.1, 0.15) is 185 Å². The van der Waals surface area contributed by atoms with E-state index in [1.807, 2.05) is 138 Å². The molecule has 6 N–H and O–H groups in total. The van der Waals surface area contributed by atoms with Gasteiger partial charge in [-0.1, -0.05) is 93.9 Å². The molecule has 0 spiro atoms. The van der Waals surface area contributed by atoms with E-state index in [0.29, 0.717) is 13.2 Å². The molecule has 478 valence electrons. The van der Waals surface area contributed by atoms with E-state index in [-0.39, 0.29) is 73.5 Å². The van der Waals surface area contributed by atoms with E-state index in [2.05, 4.69) is 155 Å². The van der Waals surface area contributed by atoms with Crippen molar-refractivity contribution in [3.05, 3.63) is 94.6 Å². The Bertz CT molecular complexity index is 2330. The number of pyridine rings is 3. The number of hydrogen-bond acceptors (Lipinski definition) is 12. The Kier molecular flexibility index (Phi) is 45.6. The molecule has 0 saturated heterocycles. The predicted molar refractivity (Wildman–Crippen MR) is 367 cm³/mol. The number of nitrogens with two attached hydrogens (primary N) is 2. The summed E-state index contributed by atoms with van der Waals surface area (Å²) in [4.78, 5) is 22.9. The molecule has 15 nitrogen and oxygen atoms in total. The molecule has 0 saturated carbocycles. The van der Waals surface area contributed by atoms with Gasteiger partial charge >= 0.3 is 18.9 Å². The number of carbonyl (C=O) groups excluding carboxylic acids is 1. The second kappa shape index (κ2) is 41.8. The number of aliphatic hydroxyl groups excluding tert-OH is 1. The Balaban J connectivity index is -0.000000303. The van der Waals surface area contributed by atoms with Gasteiger partial charge in [-0.25, -0.2) is 22.3 Å². The SMILES string of the molecule is CC(C)(C)S(=O)N=CCO[Si](C)(C)C(C)(C)C.CC(C)(C)[S@@](N)=O.CC(C)(C)[Si](C)(C)OCC=O.Cc1cccc(Br)n1.Cc1cccc([C@@H](CO[Si](C)(C)C(C)(C)C)NS(=O)C(C)(C)C)n1.Cc1cccc([C@H](N)CO)n1.[CH2-]CCC.[Li+]. The summed E-state index contributed by atoms with van der Waals surface area (Å²) in [6, 6.07) is 16.8. The number of aromatic nitrogens is 3. The largest absolute Gasteiger partial charge is 1.00 e. The molecule has 3 rings (SSSR count). The van der Waals surface area contributed by atoms with E-state index >= 15 is 0 Å². The fourth-order valence-electron chi connectivity index (χ4n) is 4.30. The Hall–Kier alpha value is -1.31. The zero-order valence-electron chi connectivity index (χ0n) is 57.3. The number of aliphatic hydroxyl groups is 1. The molecule has 0 radical (unpaired) electrons. The van der Waals surface area contributed by atoms with Gasteiger partial charge in [-0.3, -0.25) is 15.1 Å². The fraction of sp³-hybridized carbons (Fsp3) is 0.700. The first kappa shape index (κ1) is 90.4. The Morgan fingerprint density at radius 2 is 1.01 bits per heavy atom. The molecular formula is C60H117BrLiN7O8S3Si3. The number of rotatable bonds is 16. The Morgan fingerprint density at radius 1 is 0.651 bits per heavy atom. The predicted octanol–water partition coefficient (Wildman–Crippen LogP) is 11.8. The van der Waals surface area contributed by atoms with Crippen LogP contribution in [0.4, 0.5) is 0 Å². The van der Waals surface area contributed by atoms with Crippen molar-refractivity contribution in [3.63, 3.8) is 0 Å². The second-order valence-corrected chi connectivity index (χ2v) is 48.1. The van der Waals surface area contributed by atoms with E-state index < -0.39 is 57.9 Å². The first-order valence-corrected chi connectivity index (χ1v) is 41.1. The normalized spacial score (nSPS) is 14.1. The molecule has 23 heteroatoms. The van der Waals surface area contributed by atoms with E-state index in [1.165, 1.54) is 6.42 Å². The Morgan fingerprint density at radius 3 is 1.31 bits per heavy atom. The van der Waals surface area contributed by atoms with Gasteiger partial charge in [0.1, 0.15) is 21.9 Å². The molecule has 0 fully saturated rings. The van der Waals surface area contributed by atoms with Crippen LogP contribution in [0.15, 0.2) is 63.6 Å². The molecule has 0 amide bonds. The first-order valence-electron chi connectivity index (χ1n) is 28.1. The zero-order chi connectivity index (χ0) is 65.5. The van der Waals surface area contributed by atoms with Crippen molar-refractivity contribution in [2.45, 2.75) is 246 Å². The standard InChI is InChI=1S/C18H34N2O2SSi.C12H27NO2SSi.C8H12N2O.C8H18O2Si.C6H6BrN.C4H11NOS.C4H9.Li/c1-14-11-10-12-15(19-14)16(20-23(21)17(2,3)4)13-22-24(8,9)18(5,6)7;1-11(2,3)16(14)13-9-10-15-17(7,8)12(4,5)6;1-6-3-2-4-8(10-6)7(9)5-11;1-8(2,3)11(4,5)10-7-6-9;1-5-3-2-4-6(7)8-5;1-4(2,3)7(5)6;1-3-4-2;/h10-12,16,20H,13H2,1-9H3;9H,10H2,1-8H3;2-4,7,11H,5,9H2,1H3;6H,7H2,1-5H3;2-4H,1H3;5H2,1-3H3;1,3-4H2,2H3;/q;;;;;;-1;+1/t16-,23?;;7-;;;7-;;/m1.1..0../s1. The molecule has 2 unspecified atom stereocenters. The van der Waals surface area contributed by atoms with E-state index in [9.17, 15) is 17.4 Å². The quantitative estimate of drug-likeness (QED) is 0.0345. The maximum atomic E-state index is 12.6. The smallest absolute Gasteiger partial charge is 0.415 e. The number of nitrogens with one attached hydrogen (secondary N) is 1. The average Bonchev–Trinajstić information content (AvgIpc) is 3.32. The maximum Gasteiger partial charge on any atom is 1.00 e. The van der Waals surface area contributed by atoms with Crippen LogP contribution in [0.5, 0.6) is 0 Å². The van der Waals surface area contributed by atoms with Crippen molar-refractivity contribution in [1.82, 2.24) is 19.7 Å². The van der Waals surface area contributed by atoms with Gasteiger partial charge in [-0.2, -0.15) is 10.8 Å². The Labute approximate surface area is 538 Å². The van der Waals surface area contributed by atoms with Crippen LogP contribution in [-0.4, -0.2) is 111 Å². The molecule has 83 heavy (non-hydrogen) atoms. The number of halogens is 1.